The molecule has 0 spiro atoms. The molecular weight excluding hydrogens is 244 g/mol. The quantitative estimate of drug-likeness (QED) is 0.697. The van der Waals surface area contributed by atoms with Crippen LogP contribution >= 0.6 is 43.2 Å². The number of halogens is 2. The molecule has 0 saturated heterocycles. The van der Waals surface area contributed by atoms with Crippen molar-refractivity contribution >= 4 is 43.2 Å². The average molecular weight is 244 g/mol. The van der Waals surface area contributed by atoms with Crippen molar-refractivity contribution in [2.75, 3.05) is 0 Å². The Hall–Kier alpha value is 0.520. The first-order valence-electron chi connectivity index (χ1n) is 1.43. The van der Waals surface area contributed by atoms with Gasteiger partial charge in [0.1, 0.15) is 0 Å². The summed E-state index contributed by atoms with van der Waals surface area (Å²) in [6, 6.07) is 0. The highest BCUT2D eigenvalue weighted by atomic mass is 79.9. The van der Waals surface area contributed by atoms with Crippen LogP contribution in [0.15, 0.2) is 7.83 Å². The Morgan fingerprint density at radius 3 is 1.71 bits per heavy atom. The Morgan fingerprint density at radius 1 is 1.14 bits per heavy atom. The zero-order chi connectivity index (χ0) is 5.28. The zero-order valence-electron chi connectivity index (χ0n) is 3.06. The van der Waals surface area contributed by atoms with Crippen LogP contribution in [0.25, 0.3) is 0 Å². The molecule has 5 heteroatoms. The topological polar surface area (TPSA) is 25.8 Å². The fourth-order valence-corrected chi connectivity index (χ4v) is 2.22. The van der Waals surface area contributed by atoms with Gasteiger partial charge in [-0.1, -0.05) is 11.3 Å². The molecule has 2 nitrogen and oxygen atoms in total. The van der Waals surface area contributed by atoms with E-state index in [-0.39, 0.29) is 0 Å². The van der Waals surface area contributed by atoms with Crippen molar-refractivity contribution in [3.05, 3.63) is 7.83 Å². The number of rotatable bonds is 0. The summed E-state index contributed by atoms with van der Waals surface area (Å²) in [4.78, 5) is 0. The molecule has 0 bridgehead atoms. The summed E-state index contributed by atoms with van der Waals surface area (Å²) in [5.41, 5.74) is 0. The molecule has 0 fully saturated rings. The molecular formula is C2Br2N2S. The highest BCUT2D eigenvalue weighted by molar-refractivity contribution is 9.12. The second-order valence-electron chi connectivity index (χ2n) is 0.808. The van der Waals surface area contributed by atoms with Crippen LogP contribution in [0.2, 0.25) is 0 Å². The van der Waals surface area contributed by atoms with E-state index < -0.39 is 0 Å². The van der Waals surface area contributed by atoms with E-state index in [2.05, 4.69) is 42.1 Å². The molecule has 38 valence electrons. The van der Waals surface area contributed by atoms with Crippen molar-refractivity contribution < 1.29 is 0 Å². The standard InChI is InChI=1S/C2Br2N2S/c3-1-5-6-2(4)7-1. The van der Waals surface area contributed by atoms with E-state index in [1.807, 2.05) is 0 Å². The van der Waals surface area contributed by atoms with Crippen LogP contribution in [0, 0.1) is 0 Å². The van der Waals surface area contributed by atoms with Gasteiger partial charge in [-0.25, -0.2) is 0 Å². The van der Waals surface area contributed by atoms with Gasteiger partial charge in [-0.3, -0.25) is 0 Å². The Morgan fingerprint density at radius 2 is 1.57 bits per heavy atom. The summed E-state index contributed by atoms with van der Waals surface area (Å²) in [6.45, 7) is 0. The minimum absolute atomic E-state index is 0.805. The van der Waals surface area contributed by atoms with Gasteiger partial charge in [0.25, 0.3) is 0 Å². The highest BCUT2D eigenvalue weighted by Gasteiger charge is 1.92. The maximum Gasteiger partial charge on any atom is 0.184 e. The predicted molar refractivity (Wildman–Crippen MR) is 35.3 cm³/mol. The van der Waals surface area contributed by atoms with Crippen molar-refractivity contribution in [2.24, 2.45) is 0 Å². The smallest absolute Gasteiger partial charge is 0.130 e. The van der Waals surface area contributed by atoms with E-state index in [9.17, 15) is 0 Å². The average Bonchev–Trinajstić information content (AvgIpc) is 1.87. The van der Waals surface area contributed by atoms with Crippen LogP contribution in [0.5, 0.6) is 0 Å². The third kappa shape index (κ3) is 1.47. The SMILES string of the molecule is Brc1nnc(Br)s1. The molecule has 0 amide bonds. The first-order valence-corrected chi connectivity index (χ1v) is 3.84. The largest absolute Gasteiger partial charge is 0.184 e. The minimum atomic E-state index is 0.805. The van der Waals surface area contributed by atoms with Crippen molar-refractivity contribution in [3.8, 4) is 0 Å². The monoisotopic (exact) mass is 242 g/mol. The van der Waals surface area contributed by atoms with E-state index in [4.69, 9.17) is 0 Å². The molecule has 0 aliphatic heterocycles. The summed E-state index contributed by atoms with van der Waals surface area (Å²) in [7, 11) is 0. The van der Waals surface area contributed by atoms with Crippen molar-refractivity contribution in [1.29, 1.82) is 0 Å². The van der Waals surface area contributed by atoms with Crippen LogP contribution < -0.4 is 0 Å². The predicted octanol–water partition coefficient (Wildman–Crippen LogP) is 2.06. The maximum absolute atomic E-state index is 3.65. The Bertz CT molecular complexity index is 146. The van der Waals surface area contributed by atoms with E-state index >= 15 is 0 Å². The van der Waals surface area contributed by atoms with Gasteiger partial charge in [0.15, 0.2) is 7.83 Å². The van der Waals surface area contributed by atoms with E-state index in [0.29, 0.717) is 0 Å². The molecule has 0 aromatic carbocycles. The van der Waals surface area contributed by atoms with Gasteiger partial charge >= 0.3 is 0 Å². The zero-order valence-corrected chi connectivity index (χ0v) is 7.05. The van der Waals surface area contributed by atoms with Crippen molar-refractivity contribution in [1.82, 2.24) is 10.2 Å². The fraction of sp³-hybridized carbons (Fsp3) is 0. The minimum Gasteiger partial charge on any atom is -0.130 e. The van der Waals surface area contributed by atoms with Gasteiger partial charge in [-0.2, -0.15) is 0 Å². The van der Waals surface area contributed by atoms with Gasteiger partial charge in [0, 0.05) is 0 Å². The number of aromatic nitrogens is 2. The molecule has 1 heterocycles. The molecule has 0 N–H and O–H groups in total. The van der Waals surface area contributed by atoms with E-state index in [0.717, 1.165) is 7.83 Å². The highest BCUT2D eigenvalue weighted by Crippen LogP contribution is 2.19. The lowest BCUT2D eigenvalue weighted by Crippen LogP contribution is -1.61. The van der Waals surface area contributed by atoms with Crippen LogP contribution in [0.3, 0.4) is 0 Å². The molecule has 1 aromatic rings. The molecule has 0 atom stereocenters. The Labute approximate surface area is 61.2 Å². The third-order valence-corrected chi connectivity index (χ3v) is 2.16. The number of hydrogen-bond acceptors (Lipinski definition) is 3. The lowest BCUT2D eigenvalue weighted by atomic mass is 11.6. The Balaban J connectivity index is 3.04. The molecule has 1 rings (SSSR count). The normalized spacial score (nSPS) is 9.43. The lowest BCUT2D eigenvalue weighted by molar-refractivity contribution is 1.05. The summed E-state index contributed by atoms with van der Waals surface area (Å²) < 4.78 is 1.61. The van der Waals surface area contributed by atoms with Crippen molar-refractivity contribution in [3.63, 3.8) is 0 Å². The molecule has 0 radical (unpaired) electrons. The first-order chi connectivity index (χ1) is 3.29. The second kappa shape index (κ2) is 2.19. The molecule has 0 unspecified atom stereocenters. The molecule has 1 aromatic heterocycles. The molecule has 0 aliphatic rings. The van der Waals surface area contributed by atoms with Gasteiger partial charge in [-0.15, -0.1) is 10.2 Å². The maximum atomic E-state index is 3.65. The Kier molecular flexibility index (Phi) is 1.77. The molecule has 0 saturated carbocycles. The summed E-state index contributed by atoms with van der Waals surface area (Å²) in [6.07, 6.45) is 0. The van der Waals surface area contributed by atoms with Crippen LogP contribution in [-0.2, 0) is 0 Å². The lowest BCUT2D eigenvalue weighted by Gasteiger charge is -1.61. The fourth-order valence-electron chi connectivity index (χ4n) is 0.189. The number of hydrogen-bond donors (Lipinski definition) is 0. The first kappa shape index (κ1) is 5.65. The van der Waals surface area contributed by atoms with Gasteiger partial charge in [0.05, 0.1) is 0 Å². The van der Waals surface area contributed by atoms with Crippen LogP contribution in [0.1, 0.15) is 0 Å². The third-order valence-electron chi connectivity index (χ3n) is 0.376. The number of nitrogens with zero attached hydrogens (tertiary/aromatic N) is 2. The van der Waals surface area contributed by atoms with Gasteiger partial charge < -0.3 is 0 Å². The molecule has 0 aliphatic carbocycles. The van der Waals surface area contributed by atoms with Crippen LogP contribution in [-0.4, -0.2) is 10.2 Å². The van der Waals surface area contributed by atoms with Gasteiger partial charge in [-0.05, 0) is 31.9 Å². The summed E-state index contributed by atoms with van der Waals surface area (Å²) >= 11 is 7.75. The van der Waals surface area contributed by atoms with Crippen molar-refractivity contribution in [2.45, 2.75) is 0 Å². The molecule has 7 heavy (non-hydrogen) atoms. The second-order valence-corrected chi connectivity index (χ2v) is 4.34. The summed E-state index contributed by atoms with van der Waals surface area (Å²) in [5, 5.41) is 7.31. The van der Waals surface area contributed by atoms with E-state index in [1.54, 1.807) is 0 Å². The van der Waals surface area contributed by atoms with Crippen LogP contribution in [0.4, 0.5) is 0 Å². The van der Waals surface area contributed by atoms with Gasteiger partial charge in [0.2, 0.25) is 0 Å². The van der Waals surface area contributed by atoms with E-state index in [1.165, 1.54) is 11.3 Å². The summed E-state index contributed by atoms with van der Waals surface area (Å²) in [5.74, 6) is 0.